The van der Waals surface area contributed by atoms with Gasteiger partial charge in [-0.25, -0.2) is 0 Å². The normalized spacial score (nSPS) is 10.8. The lowest BCUT2D eigenvalue weighted by molar-refractivity contribution is 0.306. The van der Waals surface area contributed by atoms with Crippen LogP contribution in [0.2, 0.25) is 0 Å². The van der Waals surface area contributed by atoms with Gasteiger partial charge >= 0.3 is 0 Å². The molecule has 24 heavy (non-hydrogen) atoms. The molecule has 3 aromatic carbocycles. The molecule has 0 spiro atoms. The molecule has 0 N–H and O–H groups in total. The highest BCUT2D eigenvalue weighted by Gasteiger charge is 1.96. The maximum atomic E-state index is 5.79. The lowest BCUT2D eigenvalue weighted by Crippen LogP contribution is -1.95. The van der Waals surface area contributed by atoms with E-state index in [1.807, 2.05) is 54.7 Å². The van der Waals surface area contributed by atoms with Gasteiger partial charge in [-0.15, -0.1) is 0 Å². The van der Waals surface area contributed by atoms with Crippen LogP contribution in [0.15, 0.2) is 89.9 Å². The first kappa shape index (κ1) is 16.0. The average molecular weight is 315 g/mol. The Morgan fingerprint density at radius 1 is 0.708 bits per heavy atom. The van der Waals surface area contributed by atoms with E-state index in [4.69, 9.17) is 4.74 Å². The summed E-state index contributed by atoms with van der Waals surface area (Å²) in [6.45, 7) is 1.39. The molecule has 3 aromatic rings. The van der Waals surface area contributed by atoms with Crippen LogP contribution < -0.4 is 4.74 Å². The molecule has 0 saturated heterocycles. The summed E-state index contributed by atoms with van der Waals surface area (Å²) in [5, 5.41) is 0. The minimum atomic E-state index is 0.589. The summed E-state index contributed by atoms with van der Waals surface area (Å²) in [6.07, 6.45) is 2.89. The van der Waals surface area contributed by atoms with E-state index in [0.29, 0.717) is 6.61 Å². The van der Waals surface area contributed by atoms with Crippen molar-refractivity contribution in [3.63, 3.8) is 0 Å². The first-order valence-electron chi connectivity index (χ1n) is 8.21. The predicted molar refractivity (Wildman–Crippen MR) is 99.8 cm³/mol. The Morgan fingerprint density at radius 2 is 1.33 bits per heavy atom. The largest absolute Gasteiger partial charge is 0.489 e. The topological polar surface area (TPSA) is 21.6 Å². The Kier molecular flexibility index (Phi) is 5.79. The van der Waals surface area contributed by atoms with Crippen molar-refractivity contribution in [3.05, 3.63) is 102 Å². The van der Waals surface area contributed by atoms with Crippen LogP contribution >= 0.6 is 0 Å². The molecule has 2 heteroatoms. The molecule has 0 unspecified atom stereocenters. The summed E-state index contributed by atoms with van der Waals surface area (Å²) in [5.74, 6) is 0.875. The van der Waals surface area contributed by atoms with Gasteiger partial charge in [0.05, 0.1) is 0 Å². The summed E-state index contributed by atoms with van der Waals surface area (Å²) in [4.78, 5) is 4.49. The van der Waals surface area contributed by atoms with Gasteiger partial charge in [0, 0.05) is 12.8 Å². The molecule has 120 valence electrons. The van der Waals surface area contributed by atoms with Crippen LogP contribution in [0.25, 0.3) is 0 Å². The van der Waals surface area contributed by atoms with Gasteiger partial charge in [-0.3, -0.25) is 4.99 Å². The zero-order valence-electron chi connectivity index (χ0n) is 13.6. The van der Waals surface area contributed by atoms with Crippen molar-refractivity contribution in [2.45, 2.75) is 13.0 Å². The molecule has 0 aliphatic rings. The van der Waals surface area contributed by atoms with Crippen molar-refractivity contribution in [2.75, 3.05) is 6.54 Å². The minimum Gasteiger partial charge on any atom is -0.489 e. The second-order valence-electron chi connectivity index (χ2n) is 5.61. The van der Waals surface area contributed by atoms with Crippen LogP contribution in [0.4, 0.5) is 0 Å². The molecule has 0 heterocycles. The standard InChI is InChI=1S/C22H21NO/c1-3-7-19(8-4-1)15-16-23-17-20-11-13-22(14-12-20)24-18-21-9-5-2-6-10-21/h1-14,17H,15-16,18H2/b23-17+. The minimum absolute atomic E-state index is 0.589. The van der Waals surface area contributed by atoms with Crippen LogP contribution in [0, 0.1) is 0 Å². The van der Waals surface area contributed by atoms with Crippen LogP contribution in [0.1, 0.15) is 16.7 Å². The van der Waals surface area contributed by atoms with Crippen molar-refractivity contribution in [3.8, 4) is 5.75 Å². The van der Waals surface area contributed by atoms with Gasteiger partial charge in [-0.1, -0.05) is 60.7 Å². The molecule has 3 rings (SSSR count). The lowest BCUT2D eigenvalue weighted by Gasteiger charge is -2.06. The molecule has 0 atom stereocenters. The third-order valence-corrected chi connectivity index (χ3v) is 3.74. The van der Waals surface area contributed by atoms with Crippen molar-refractivity contribution in [2.24, 2.45) is 4.99 Å². The molecule has 0 fully saturated rings. The fraction of sp³-hybridized carbons (Fsp3) is 0.136. The van der Waals surface area contributed by atoms with Crippen LogP contribution in [0.3, 0.4) is 0 Å². The van der Waals surface area contributed by atoms with Gasteiger partial charge in [0.2, 0.25) is 0 Å². The van der Waals surface area contributed by atoms with E-state index in [0.717, 1.165) is 24.3 Å². The molecule has 0 aromatic heterocycles. The van der Waals surface area contributed by atoms with Gasteiger partial charge in [0.1, 0.15) is 12.4 Å². The Morgan fingerprint density at radius 3 is 2.00 bits per heavy atom. The predicted octanol–water partition coefficient (Wildman–Crippen LogP) is 4.93. The van der Waals surface area contributed by atoms with E-state index in [1.165, 1.54) is 11.1 Å². The average Bonchev–Trinajstić information content (AvgIpc) is 2.66. The van der Waals surface area contributed by atoms with Crippen molar-refractivity contribution in [1.29, 1.82) is 0 Å². The molecule has 0 radical (unpaired) electrons. The quantitative estimate of drug-likeness (QED) is 0.567. The number of ether oxygens (including phenoxy) is 1. The van der Waals surface area contributed by atoms with Crippen molar-refractivity contribution >= 4 is 6.21 Å². The van der Waals surface area contributed by atoms with E-state index >= 15 is 0 Å². The van der Waals surface area contributed by atoms with Gasteiger partial charge in [-0.2, -0.15) is 0 Å². The first-order valence-corrected chi connectivity index (χ1v) is 8.21. The maximum absolute atomic E-state index is 5.79. The summed E-state index contributed by atoms with van der Waals surface area (Å²) < 4.78 is 5.79. The van der Waals surface area contributed by atoms with E-state index in [9.17, 15) is 0 Å². The van der Waals surface area contributed by atoms with Gasteiger partial charge in [0.15, 0.2) is 0 Å². The number of aliphatic imine (C=N–C) groups is 1. The molecular weight excluding hydrogens is 294 g/mol. The Hall–Kier alpha value is -2.87. The van der Waals surface area contributed by atoms with Gasteiger partial charge < -0.3 is 4.74 Å². The zero-order valence-corrected chi connectivity index (χ0v) is 13.6. The summed E-state index contributed by atoms with van der Waals surface area (Å²) in [5.41, 5.74) is 3.58. The highest BCUT2D eigenvalue weighted by atomic mass is 16.5. The smallest absolute Gasteiger partial charge is 0.119 e. The molecule has 0 saturated carbocycles. The van der Waals surface area contributed by atoms with E-state index < -0.39 is 0 Å². The Labute approximate surface area is 143 Å². The number of nitrogens with zero attached hydrogens (tertiary/aromatic N) is 1. The molecule has 0 bridgehead atoms. The number of benzene rings is 3. The monoisotopic (exact) mass is 315 g/mol. The molecule has 0 aliphatic heterocycles. The van der Waals surface area contributed by atoms with E-state index in [-0.39, 0.29) is 0 Å². The molecular formula is C22H21NO. The number of rotatable bonds is 7. The summed E-state index contributed by atoms with van der Waals surface area (Å²) in [7, 11) is 0. The van der Waals surface area contributed by atoms with Gasteiger partial charge in [-0.05, 0) is 47.4 Å². The Bertz CT molecular complexity index is 749. The van der Waals surface area contributed by atoms with Crippen molar-refractivity contribution < 1.29 is 4.74 Å². The zero-order chi connectivity index (χ0) is 16.5. The highest BCUT2D eigenvalue weighted by molar-refractivity contribution is 5.79. The highest BCUT2D eigenvalue weighted by Crippen LogP contribution is 2.13. The van der Waals surface area contributed by atoms with Crippen LogP contribution in [-0.4, -0.2) is 12.8 Å². The Balaban J connectivity index is 1.46. The molecule has 0 amide bonds. The molecule has 2 nitrogen and oxygen atoms in total. The lowest BCUT2D eigenvalue weighted by atomic mass is 10.1. The fourth-order valence-corrected chi connectivity index (χ4v) is 2.40. The van der Waals surface area contributed by atoms with Crippen LogP contribution in [-0.2, 0) is 13.0 Å². The third kappa shape index (κ3) is 5.10. The third-order valence-electron chi connectivity index (χ3n) is 3.74. The number of hydrogen-bond acceptors (Lipinski definition) is 2. The van der Waals surface area contributed by atoms with E-state index in [2.05, 4.69) is 41.4 Å². The number of hydrogen-bond donors (Lipinski definition) is 0. The SMILES string of the molecule is C(=N\CCc1ccccc1)/c1ccc(OCc2ccccc2)cc1. The summed E-state index contributed by atoms with van der Waals surface area (Å²) in [6, 6.07) is 28.7. The fourth-order valence-electron chi connectivity index (χ4n) is 2.40. The second-order valence-corrected chi connectivity index (χ2v) is 5.61. The maximum Gasteiger partial charge on any atom is 0.119 e. The second kappa shape index (κ2) is 8.68. The van der Waals surface area contributed by atoms with Crippen molar-refractivity contribution in [1.82, 2.24) is 0 Å². The molecule has 0 aliphatic carbocycles. The summed E-state index contributed by atoms with van der Waals surface area (Å²) >= 11 is 0. The van der Waals surface area contributed by atoms with Crippen LogP contribution in [0.5, 0.6) is 5.75 Å². The first-order chi connectivity index (χ1) is 11.9. The van der Waals surface area contributed by atoms with Gasteiger partial charge in [0.25, 0.3) is 0 Å². The van der Waals surface area contributed by atoms with E-state index in [1.54, 1.807) is 0 Å².